The summed E-state index contributed by atoms with van der Waals surface area (Å²) in [5.41, 5.74) is -0.523. The molecule has 0 heterocycles. The van der Waals surface area contributed by atoms with Gasteiger partial charge in [0.05, 0.1) is 6.04 Å². The lowest BCUT2D eigenvalue weighted by molar-refractivity contribution is -0.123. The predicted molar refractivity (Wildman–Crippen MR) is 65.8 cm³/mol. The molecule has 1 atom stereocenters. The number of likely N-dealkylation sites (N-methyl/N-ethyl adjacent to an activating group) is 1. The highest BCUT2D eigenvalue weighted by atomic mass is 16.6. The number of amides is 1. The number of hydrogen-bond acceptors (Lipinski definition) is 3. The molecule has 0 radical (unpaired) electrons. The lowest BCUT2D eigenvalue weighted by Crippen LogP contribution is -2.43. The second kappa shape index (κ2) is 5.07. The third-order valence-corrected chi connectivity index (χ3v) is 2.92. The minimum atomic E-state index is -0.523. The van der Waals surface area contributed by atoms with E-state index in [0.717, 1.165) is 12.8 Å². The van der Waals surface area contributed by atoms with Crippen LogP contribution in [-0.2, 0) is 9.53 Å². The summed E-state index contributed by atoms with van der Waals surface area (Å²) in [4.78, 5) is 25.0. The standard InChI is InChI=1S/C13H23NO3/c1-9(11(15)8-10-6-7-10)14(5)12(16)17-13(2,3)4/h9-10H,6-8H2,1-5H3/t9-/m0/s1. The molecule has 4 heteroatoms. The summed E-state index contributed by atoms with van der Waals surface area (Å²) in [5, 5.41) is 0. The van der Waals surface area contributed by atoms with Gasteiger partial charge in [-0.1, -0.05) is 0 Å². The van der Waals surface area contributed by atoms with Crippen molar-refractivity contribution in [3.63, 3.8) is 0 Å². The molecule has 1 aliphatic rings. The van der Waals surface area contributed by atoms with Gasteiger partial charge in [-0.25, -0.2) is 4.79 Å². The Morgan fingerprint density at radius 3 is 2.29 bits per heavy atom. The lowest BCUT2D eigenvalue weighted by atomic mass is 10.1. The number of carbonyl (C=O) groups is 2. The molecular formula is C13H23NO3. The molecule has 1 saturated carbocycles. The zero-order valence-electron chi connectivity index (χ0n) is 11.4. The molecule has 0 aromatic heterocycles. The Bertz CT molecular complexity index is 302. The smallest absolute Gasteiger partial charge is 0.410 e. The molecule has 1 fully saturated rings. The van der Waals surface area contributed by atoms with E-state index in [1.807, 2.05) is 20.8 Å². The molecule has 0 bridgehead atoms. The van der Waals surface area contributed by atoms with Gasteiger partial charge in [0.25, 0.3) is 0 Å². The van der Waals surface area contributed by atoms with Gasteiger partial charge in [-0.3, -0.25) is 4.79 Å². The molecule has 1 rings (SSSR count). The average Bonchev–Trinajstić information content (AvgIpc) is 2.96. The zero-order chi connectivity index (χ0) is 13.2. The maximum Gasteiger partial charge on any atom is 0.410 e. The van der Waals surface area contributed by atoms with Gasteiger partial charge in [0.2, 0.25) is 0 Å². The van der Waals surface area contributed by atoms with Crippen molar-refractivity contribution < 1.29 is 14.3 Å². The van der Waals surface area contributed by atoms with Crippen molar-refractivity contribution in [2.24, 2.45) is 5.92 Å². The Hall–Kier alpha value is -1.06. The lowest BCUT2D eigenvalue weighted by Gasteiger charge is -2.28. The van der Waals surface area contributed by atoms with E-state index in [4.69, 9.17) is 4.74 Å². The fraction of sp³-hybridized carbons (Fsp3) is 0.846. The molecule has 17 heavy (non-hydrogen) atoms. The Labute approximate surface area is 103 Å². The third kappa shape index (κ3) is 4.75. The van der Waals surface area contributed by atoms with E-state index < -0.39 is 17.7 Å². The van der Waals surface area contributed by atoms with E-state index >= 15 is 0 Å². The number of rotatable bonds is 4. The number of ether oxygens (including phenoxy) is 1. The van der Waals surface area contributed by atoms with Gasteiger partial charge in [0.1, 0.15) is 5.60 Å². The van der Waals surface area contributed by atoms with Crippen LogP contribution in [0.2, 0.25) is 0 Å². The highest BCUT2D eigenvalue weighted by Gasteiger charge is 2.31. The van der Waals surface area contributed by atoms with Crippen molar-refractivity contribution in [2.75, 3.05) is 7.05 Å². The van der Waals surface area contributed by atoms with Crippen LogP contribution in [0.4, 0.5) is 4.79 Å². The zero-order valence-corrected chi connectivity index (χ0v) is 11.4. The predicted octanol–water partition coefficient (Wildman–Crippen LogP) is 2.61. The topological polar surface area (TPSA) is 46.6 Å². The summed E-state index contributed by atoms with van der Waals surface area (Å²) >= 11 is 0. The van der Waals surface area contributed by atoms with Crippen LogP contribution in [0, 0.1) is 5.92 Å². The summed E-state index contributed by atoms with van der Waals surface area (Å²) in [5.74, 6) is 0.679. The minimum absolute atomic E-state index is 0.126. The number of carbonyl (C=O) groups excluding carboxylic acids is 2. The fourth-order valence-electron chi connectivity index (χ4n) is 1.49. The largest absolute Gasteiger partial charge is 0.444 e. The first-order chi connectivity index (χ1) is 7.70. The van der Waals surface area contributed by atoms with Crippen molar-refractivity contribution in [2.45, 2.75) is 58.6 Å². The summed E-state index contributed by atoms with van der Waals surface area (Å²) in [6.45, 7) is 7.20. The Balaban J connectivity index is 2.46. The van der Waals surface area contributed by atoms with E-state index in [1.165, 1.54) is 4.90 Å². The summed E-state index contributed by atoms with van der Waals surface area (Å²) in [6, 6.07) is -0.398. The van der Waals surface area contributed by atoms with Gasteiger partial charge in [-0.05, 0) is 46.5 Å². The highest BCUT2D eigenvalue weighted by molar-refractivity contribution is 5.87. The van der Waals surface area contributed by atoms with E-state index in [-0.39, 0.29) is 5.78 Å². The maximum absolute atomic E-state index is 11.9. The van der Waals surface area contributed by atoms with Crippen molar-refractivity contribution in [3.8, 4) is 0 Å². The summed E-state index contributed by atoms with van der Waals surface area (Å²) < 4.78 is 5.23. The normalized spacial score (nSPS) is 17.5. The molecular weight excluding hydrogens is 218 g/mol. The van der Waals surface area contributed by atoms with Gasteiger partial charge in [-0.2, -0.15) is 0 Å². The molecule has 1 amide bonds. The van der Waals surface area contributed by atoms with Gasteiger partial charge in [-0.15, -0.1) is 0 Å². The second-order valence-corrected chi connectivity index (χ2v) is 5.88. The third-order valence-electron chi connectivity index (χ3n) is 2.92. The first kappa shape index (κ1) is 14.0. The second-order valence-electron chi connectivity index (χ2n) is 5.88. The van der Waals surface area contributed by atoms with Gasteiger partial charge < -0.3 is 9.64 Å². The fourth-order valence-corrected chi connectivity index (χ4v) is 1.49. The number of ketones is 1. The molecule has 4 nitrogen and oxygen atoms in total. The molecule has 0 saturated heterocycles. The van der Waals surface area contributed by atoms with Crippen molar-refractivity contribution in [1.82, 2.24) is 4.90 Å². The van der Waals surface area contributed by atoms with Crippen LogP contribution < -0.4 is 0 Å². The van der Waals surface area contributed by atoms with Gasteiger partial charge >= 0.3 is 6.09 Å². The van der Waals surface area contributed by atoms with Crippen LogP contribution in [0.1, 0.15) is 47.0 Å². The molecule has 98 valence electrons. The molecule has 1 aliphatic carbocycles. The SMILES string of the molecule is C[C@@H](C(=O)CC1CC1)N(C)C(=O)OC(C)(C)C. The van der Waals surface area contributed by atoms with Crippen LogP contribution in [0.25, 0.3) is 0 Å². The monoisotopic (exact) mass is 241 g/mol. The molecule has 0 aromatic rings. The Kier molecular flexibility index (Phi) is 4.17. The van der Waals surface area contributed by atoms with Crippen LogP contribution >= 0.6 is 0 Å². The first-order valence-corrected chi connectivity index (χ1v) is 6.19. The highest BCUT2D eigenvalue weighted by Crippen LogP contribution is 2.33. The van der Waals surface area contributed by atoms with E-state index in [1.54, 1.807) is 14.0 Å². The van der Waals surface area contributed by atoms with Crippen LogP contribution in [-0.4, -0.2) is 35.5 Å². The van der Waals surface area contributed by atoms with E-state index in [9.17, 15) is 9.59 Å². The molecule has 0 aromatic carbocycles. The Morgan fingerprint density at radius 2 is 1.88 bits per heavy atom. The molecule has 0 unspecified atom stereocenters. The molecule has 0 aliphatic heterocycles. The van der Waals surface area contributed by atoms with Crippen LogP contribution in [0.15, 0.2) is 0 Å². The molecule has 0 N–H and O–H groups in total. The quantitative estimate of drug-likeness (QED) is 0.760. The average molecular weight is 241 g/mol. The van der Waals surface area contributed by atoms with Crippen molar-refractivity contribution >= 4 is 11.9 Å². The van der Waals surface area contributed by atoms with E-state index in [2.05, 4.69) is 0 Å². The van der Waals surface area contributed by atoms with Gasteiger partial charge in [0.15, 0.2) is 5.78 Å². The van der Waals surface area contributed by atoms with Crippen molar-refractivity contribution in [3.05, 3.63) is 0 Å². The van der Waals surface area contributed by atoms with E-state index in [0.29, 0.717) is 12.3 Å². The molecule has 0 spiro atoms. The van der Waals surface area contributed by atoms with Gasteiger partial charge in [0, 0.05) is 13.5 Å². The van der Waals surface area contributed by atoms with Crippen molar-refractivity contribution in [1.29, 1.82) is 0 Å². The van der Waals surface area contributed by atoms with Crippen LogP contribution in [0.3, 0.4) is 0 Å². The minimum Gasteiger partial charge on any atom is -0.444 e. The first-order valence-electron chi connectivity index (χ1n) is 6.19. The van der Waals surface area contributed by atoms with Crippen LogP contribution in [0.5, 0.6) is 0 Å². The summed E-state index contributed by atoms with van der Waals surface area (Å²) in [7, 11) is 1.61. The Morgan fingerprint density at radius 1 is 1.35 bits per heavy atom. The maximum atomic E-state index is 11.9. The number of Topliss-reactive ketones (excluding diaryl/α,β-unsaturated/α-hetero) is 1. The number of hydrogen-bond donors (Lipinski definition) is 0. The number of nitrogens with zero attached hydrogens (tertiary/aromatic N) is 1. The summed E-state index contributed by atoms with van der Waals surface area (Å²) in [6.07, 6.45) is 2.45.